The summed E-state index contributed by atoms with van der Waals surface area (Å²) in [4.78, 5) is 25.2. The third kappa shape index (κ3) is 3.72. The highest BCUT2D eigenvalue weighted by atomic mass is 16.5. The van der Waals surface area contributed by atoms with E-state index in [1.165, 1.54) is 0 Å². The number of fused-ring (bicyclic) bond motifs is 1. The molecule has 2 amide bonds. The summed E-state index contributed by atoms with van der Waals surface area (Å²) in [6, 6.07) is 24.3. The molecule has 3 aromatic carbocycles. The van der Waals surface area contributed by atoms with Crippen LogP contribution in [0.5, 0.6) is 5.75 Å². The van der Waals surface area contributed by atoms with Gasteiger partial charge in [0.25, 0.3) is 11.8 Å². The molecule has 32 heavy (non-hydrogen) atoms. The lowest BCUT2D eigenvalue weighted by Gasteiger charge is -2.23. The maximum absolute atomic E-state index is 13.3. The van der Waals surface area contributed by atoms with Crippen LogP contribution in [0.25, 0.3) is 16.9 Å². The van der Waals surface area contributed by atoms with Crippen molar-refractivity contribution in [2.75, 3.05) is 10.6 Å². The van der Waals surface area contributed by atoms with Crippen LogP contribution in [-0.4, -0.2) is 27.7 Å². The van der Waals surface area contributed by atoms with E-state index in [4.69, 9.17) is 4.74 Å². The van der Waals surface area contributed by atoms with E-state index in [1.807, 2.05) is 60.7 Å². The Balaban J connectivity index is 1.49. The van der Waals surface area contributed by atoms with Gasteiger partial charge in [0.15, 0.2) is 6.10 Å². The van der Waals surface area contributed by atoms with Gasteiger partial charge in [-0.1, -0.05) is 48.5 Å². The molecule has 0 aliphatic carbocycles. The van der Waals surface area contributed by atoms with E-state index in [1.54, 1.807) is 36.0 Å². The van der Waals surface area contributed by atoms with Crippen molar-refractivity contribution in [1.29, 1.82) is 0 Å². The average molecular weight is 424 g/mol. The fraction of sp³-hybridized carbons (Fsp3) is 0.0800. The summed E-state index contributed by atoms with van der Waals surface area (Å²) in [7, 11) is 0. The molecule has 7 nitrogen and oxygen atoms in total. The lowest BCUT2D eigenvalue weighted by Crippen LogP contribution is -2.34. The number of ether oxygens (including phenoxy) is 1. The normalized spacial score (nSPS) is 14.8. The number of hydrogen-bond donors (Lipinski definition) is 2. The highest BCUT2D eigenvalue weighted by Crippen LogP contribution is 2.32. The van der Waals surface area contributed by atoms with Crippen molar-refractivity contribution in [1.82, 2.24) is 9.78 Å². The van der Waals surface area contributed by atoms with Crippen molar-refractivity contribution in [3.63, 3.8) is 0 Å². The molecule has 1 aliphatic heterocycles. The first-order valence-corrected chi connectivity index (χ1v) is 10.2. The molecule has 0 bridgehead atoms. The van der Waals surface area contributed by atoms with Crippen LogP contribution in [0.4, 0.5) is 11.4 Å². The predicted molar refractivity (Wildman–Crippen MR) is 122 cm³/mol. The summed E-state index contributed by atoms with van der Waals surface area (Å²) in [5.41, 5.74) is 3.77. The zero-order valence-corrected chi connectivity index (χ0v) is 17.3. The molecule has 4 aromatic rings. The standard InChI is InChI=1S/C25H20N4O3/c1-16-24(30)27-21-14-18(12-13-22(21)32-16)26-25(31)20-15-29(19-10-6-3-7-11-19)28-23(20)17-8-4-2-5-9-17/h2-16H,1H3,(H,26,31)(H,27,30). The number of aromatic nitrogens is 2. The van der Waals surface area contributed by atoms with Gasteiger partial charge in [0, 0.05) is 17.4 Å². The molecule has 1 aromatic heterocycles. The Morgan fingerprint density at radius 2 is 1.75 bits per heavy atom. The Morgan fingerprint density at radius 1 is 1.03 bits per heavy atom. The number of hydrogen-bond acceptors (Lipinski definition) is 4. The van der Waals surface area contributed by atoms with E-state index in [2.05, 4.69) is 15.7 Å². The molecule has 5 rings (SSSR count). The summed E-state index contributed by atoms with van der Waals surface area (Å²) in [5, 5.41) is 10.4. The second kappa shape index (κ2) is 8.03. The monoisotopic (exact) mass is 424 g/mol. The molecular weight excluding hydrogens is 404 g/mol. The minimum absolute atomic E-state index is 0.225. The number of amides is 2. The van der Waals surface area contributed by atoms with Crippen molar-refractivity contribution in [3.05, 3.63) is 90.6 Å². The van der Waals surface area contributed by atoms with E-state index in [0.717, 1.165) is 11.3 Å². The van der Waals surface area contributed by atoms with Gasteiger partial charge in [-0.05, 0) is 37.3 Å². The maximum atomic E-state index is 13.3. The molecule has 0 saturated carbocycles. The summed E-state index contributed by atoms with van der Waals surface area (Å²) >= 11 is 0. The number of anilines is 2. The first-order valence-electron chi connectivity index (χ1n) is 10.2. The largest absolute Gasteiger partial charge is 0.479 e. The number of carbonyl (C=O) groups excluding carboxylic acids is 2. The molecule has 1 atom stereocenters. The van der Waals surface area contributed by atoms with Crippen LogP contribution in [0.1, 0.15) is 17.3 Å². The molecule has 0 radical (unpaired) electrons. The fourth-order valence-corrected chi connectivity index (χ4v) is 3.55. The number of nitrogens with one attached hydrogen (secondary N) is 2. The third-order valence-corrected chi connectivity index (χ3v) is 5.20. The van der Waals surface area contributed by atoms with Crippen LogP contribution in [0, 0.1) is 0 Å². The summed E-state index contributed by atoms with van der Waals surface area (Å²) < 4.78 is 7.27. The van der Waals surface area contributed by atoms with Crippen LogP contribution in [0.15, 0.2) is 85.1 Å². The summed E-state index contributed by atoms with van der Waals surface area (Å²) in [6.07, 6.45) is 1.16. The Morgan fingerprint density at radius 3 is 2.50 bits per heavy atom. The van der Waals surface area contributed by atoms with Crippen LogP contribution in [0.2, 0.25) is 0 Å². The Kier molecular flexibility index (Phi) is 4.91. The van der Waals surface area contributed by atoms with Crippen LogP contribution in [-0.2, 0) is 4.79 Å². The molecular formula is C25H20N4O3. The first kappa shape index (κ1) is 19.6. The molecule has 158 valence electrons. The minimum atomic E-state index is -0.555. The van der Waals surface area contributed by atoms with Gasteiger partial charge in [0.2, 0.25) is 0 Å². The van der Waals surface area contributed by atoms with E-state index >= 15 is 0 Å². The molecule has 2 N–H and O–H groups in total. The fourth-order valence-electron chi connectivity index (χ4n) is 3.55. The predicted octanol–water partition coefficient (Wildman–Crippen LogP) is 4.51. The quantitative estimate of drug-likeness (QED) is 0.505. The molecule has 0 fully saturated rings. The number of rotatable bonds is 4. The second-order valence-electron chi connectivity index (χ2n) is 7.45. The number of para-hydroxylation sites is 1. The van der Waals surface area contributed by atoms with Crippen molar-refractivity contribution in [2.24, 2.45) is 0 Å². The smallest absolute Gasteiger partial charge is 0.265 e. The summed E-state index contributed by atoms with van der Waals surface area (Å²) in [6.45, 7) is 1.68. The molecule has 1 unspecified atom stereocenters. The van der Waals surface area contributed by atoms with E-state index in [9.17, 15) is 9.59 Å². The van der Waals surface area contributed by atoms with E-state index in [0.29, 0.717) is 28.4 Å². The van der Waals surface area contributed by atoms with Crippen LogP contribution >= 0.6 is 0 Å². The third-order valence-electron chi connectivity index (χ3n) is 5.20. The van der Waals surface area contributed by atoms with Gasteiger partial charge in [0.05, 0.1) is 16.9 Å². The summed E-state index contributed by atoms with van der Waals surface area (Å²) in [5.74, 6) is 0.0378. The van der Waals surface area contributed by atoms with Gasteiger partial charge in [0.1, 0.15) is 11.4 Å². The molecule has 0 spiro atoms. The average Bonchev–Trinajstić information content (AvgIpc) is 3.27. The van der Waals surface area contributed by atoms with Crippen LogP contribution in [0.3, 0.4) is 0 Å². The second-order valence-corrected chi connectivity index (χ2v) is 7.45. The van der Waals surface area contributed by atoms with Gasteiger partial charge >= 0.3 is 0 Å². The van der Waals surface area contributed by atoms with Gasteiger partial charge < -0.3 is 15.4 Å². The minimum Gasteiger partial charge on any atom is -0.479 e. The van der Waals surface area contributed by atoms with Crippen molar-refractivity contribution in [2.45, 2.75) is 13.0 Å². The van der Waals surface area contributed by atoms with E-state index < -0.39 is 6.10 Å². The van der Waals surface area contributed by atoms with Crippen molar-refractivity contribution in [3.8, 4) is 22.7 Å². The molecule has 7 heteroatoms. The highest BCUT2D eigenvalue weighted by molar-refractivity contribution is 6.08. The molecule has 0 saturated heterocycles. The zero-order valence-electron chi connectivity index (χ0n) is 17.3. The SMILES string of the molecule is CC1Oc2ccc(NC(=O)c3cn(-c4ccccc4)nc3-c3ccccc3)cc2NC1=O. The van der Waals surface area contributed by atoms with E-state index in [-0.39, 0.29) is 11.8 Å². The number of benzene rings is 3. The van der Waals surface area contributed by atoms with Crippen molar-refractivity contribution >= 4 is 23.2 Å². The Bertz CT molecular complexity index is 1300. The number of carbonyl (C=O) groups is 2. The Labute approximate surface area is 184 Å². The van der Waals surface area contributed by atoms with Gasteiger partial charge in [-0.15, -0.1) is 0 Å². The Hall–Kier alpha value is -4.39. The topological polar surface area (TPSA) is 85.2 Å². The van der Waals surface area contributed by atoms with Gasteiger partial charge in [-0.25, -0.2) is 4.68 Å². The van der Waals surface area contributed by atoms with Gasteiger partial charge in [-0.2, -0.15) is 5.10 Å². The lowest BCUT2D eigenvalue weighted by molar-refractivity contribution is -0.122. The first-order chi connectivity index (χ1) is 15.6. The molecule has 2 heterocycles. The molecule has 1 aliphatic rings. The zero-order chi connectivity index (χ0) is 22.1. The highest BCUT2D eigenvalue weighted by Gasteiger charge is 2.24. The maximum Gasteiger partial charge on any atom is 0.265 e. The lowest BCUT2D eigenvalue weighted by atomic mass is 10.1. The van der Waals surface area contributed by atoms with Crippen LogP contribution < -0.4 is 15.4 Å². The van der Waals surface area contributed by atoms with Crippen molar-refractivity contribution < 1.29 is 14.3 Å². The van der Waals surface area contributed by atoms with Gasteiger partial charge in [-0.3, -0.25) is 9.59 Å². The number of nitrogens with zero attached hydrogens (tertiary/aromatic N) is 2.